The molecular weight excluding hydrogens is 268 g/mol. The monoisotopic (exact) mass is 300 g/mol. The number of nitrogens with zero attached hydrogens (tertiary/aromatic N) is 1. The van der Waals surface area contributed by atoms with E-state index >= 15 is 0 Å². The Balaban J connectivity index is 1.61. The number of aliphatic hydroxyl groups excluding tert-OH is 1. The molecule has 0 aromatic heterocycles. The summed E-state index contributed by atoms with van der Waals surface area (Å²) in [5, 5.41) is 13.3. The van der Waals surface area contributed by atoms with Crippen LogP contribution in [0, 0.1) is 5.92 Å². The van der Waals surface area contributed by atoms with E-state index in [1.54, 1.807) is 7.11 Å². The first-order valence-electron chi connectivity index (χ1n) is 8.43. The molecule has 0 aliphatic carbocycles. The summed E-state index contributed by atoms with van der Waals surface area (Å²) in [6.07, 6.45) is 4.51. The van der Waals surface area contributed by atoms with E-state index in [0.717, 1.165) is 39.2 Å². The summed E-state index contributed by atoms with van der Waals surface area (Å²) in [6, 6.07) is 0.570. The standard InChI is InChI=1S/C16H32N2O3/c1-13-10-18(11-15-4-3-9-21-15)8-6-16(13)17-7-5-14(19)12-20-2/h13-17,19H,3-12H2,1-2H3. The van der Waals surface area contributed by atoms with Crippen LogP contribution in [0.15, 0.2) is 0 Å². The number of methoxy groups -OCH3 is 1. The molecule has 2 saturated heterocycles. The molecular formula is C16H32N2O3. The van der Waals surface area contributed by atoms with Gasteiger partial charge in [-0.05, 0) is 44.7 Å². The van der Waals surface area contributed by atoms with Crippen LogP contribution in [-0.2, 0) is 9.47 Å². The Labute approximate surface area is 129 Å². The van der Waals surface area contributed by atoms with Crippen LogP contribution in [0.2, 0.25) is 0 Å². The largest absolute Gasteiger partial charge is 0.391 e. The summed E-state index contributed by atoms with van der Waals surface area (Å²) in [4.78, 5) is 2.55. The second kappa shape index (κ2) is 9.06. The molecule has 0 saturated carbocycles. The molecule has 21 heavy (non-hydrogen) atoms. The smallest absolute Gasteiger partial charge is 0.0785 e. The van der Waals surface area contributed by atoms with E-state index in [0.29, 0.717) is 24.7 Å². The Morgan fingerprint density at radius 3 is 2.95 bits per heavy atom. The third kappa shape index (κ3) is 5.83. The summed E-state index contributed by atoms with van der Waals surface area (Å²) < 4.78 is 10.7. The molecule has 0 bridgehead atoms. The minimum Gasteiger partial charge on any atom is -0.391 e. The van der Waals surface area contributed by atoms with Crippen molar-refractivity contribution < 1.29 is 14.6 Å². The van der Waals surface area contributed by atoms with Crippen LogP contribution in [0.4, 0.5) is 0 Å². The molecule has 2 rings (SSSR count). The highest BCUT2D eigenvalue weighted by molar-refractivity contribution is 4.84. The van der Waals surface area contributed by atoms with Crippen molar-refractivity contribution >= 4 is 0 Å². The van der Waals surface area contributed by atoms with Crippen molar-refractivity contribution in [2.75, 3.05) is 46.5 Å². The fraction of sp³-hybridized carbons (Fsp3) is 1.00. The summed E-state index contributed by atoms with van der Waals surface area (Å²) >= 11 is 0. The SMILES string of the molecule is COCC(O)CCNC1CCN(CC2CCCO2)CC1C. The van der Waals surface area contributed by atoms with Crippen LogP contribution >= 0.6 is 0 Å². The molecule has 4 atom stereocenters. The molecule has 0 spiro atoms. The van der Waals surface area contributed by atoms with Crippen molar-refractivity contribution in [3.05, 3.63) is 0 Å². The normalized spacial score (nSPS) is 32.4. The maximum Gasteiger partial charge on any atom is 0.0785 e. The fourth-order valence-corrected chi connectivity index (χ4v) is 3.49. The van der Waals surface area contributed by atoms with Gasteiger partial charge in [-0.1, -0.05) is 6.92 Å². The van der Waals surface area contributed by atoms with Crippen LogP contribution < -0.4 is 5.32 Å². The lowest BCUT2D eigenvalue weighted by Crippen LogP contribution is -2.50. The zero-order valence-corrected chi connectivity index (χ0v) is 13.6. The number of likely N-dealkylation sites (tertiary alicyclic amines) is 1. The van der Waals surface area contributed by atoms with Crippen molar-refractivity contribution in [1.29, 1.82) is 0 Å². The van der Waals surface area contributed by atoms with Crippen molar-refractivity contribution in [2.45, 2.75) is 50.9 Å². The van der Waals surface area contributed by atoms with Crippen LogP contribution in [0.25, 0.3) is 0 Å². The molecule has 0 aromatic rings. The lowest BCUT2D eigenvalue weighted by molar-refractivity contribution is 0.0470. The molecule has 2 aliphatic rings. The molecule has 0 aromatic carbocycles. The minimum absolute atomic E-state index is 0.350. The second-order valence-electron chi connectivity index (χ2n) is 6.62. The Morgan fingerprint density at radius 2 is 2.29 bits per heavy atom. The van der Waals surface area contributed by atoms with E-state index in [-0.39, 0.29) is 6.10 Å². The Morgan fingerprint density at radius 1 is 1.43 bits per heavy atom. The van der Waals surface area contributed by atoms with Crippen LogP contribution in [0.1, 0.15) is 32.6 Å². The van der Waals surface area contributed by atoms with Gasteiger partial charge in [-0.3, -0.25) is 0 Å². The molecule has 2 N–H and O–H groups in total. The van der Waals surface area contributed by atoms with E-state index < -0.39 is 0 Å². The van der Waals surface area contributed by atoms with Gasteiger partial charge in [0.25, 0.3) is 0 Å². The first kappa shape index (κ1) is 17.2. The number of hydrogen-bond donors (Lipinski definition) is 2. The topological polar surface area (TPSA) is 54.0 Å². The first-order chi connectivity index (χ1) is 10.2. The zero-order chi connectivity index (χ0) is 15.1. The van der Waals surface area contributed by atoms with Gasteiger partial charge in [0.15, 0.2) is 0 Å². The van der Waals surface area contributed by atoms with Gasteiger partial charge >= 0.3 is 0 Å². The quantitative estimate of drug-likeness (QED) is 0.696. The summed E-state index contributed by atoms with van der Waals surface area (Å²) in [5.41, 5.74) is 0. The highest BCUT2D eigenvalue weighted by Crippen LogP contribution is 2.20. The van der Waals surface area contributed by atoms with Gasteiger partial charge in [-0.2, -0.15) is 0 Å². The molecule has 5 heteroatoms. The van der Waals surface area contributed by atoms with Gasteiger partial charge in [0.05, 0.1) is 18.8 Å². The van der Waals surface area contributed by atoms with Crippen molar-refractivity contribution in [3.8, 4) is 0 Å². The number of nitrogens with one attached hydrogen (secondary N) is 1. The number of piperidine rings is 1. The molecule has 4 unspecified atom stereocenters. The van der Waals surface area contributed by atoms with Gasteiger partial charge in [-0.25, -0.2) is 0 Å². The van der Waals surface area contributed by atoms with Crippen LogP contribution in [-0.4, -0.2) is 74.8 Å². The maximum atomic E-state index is 9.66. The molecule has 0 amide bonds. The minimum atomic E-state index is -0.350. The Hall–Kier alpha value is -0.200. The average Bonchev–Trinajstić information content (AvgIpc) is 2.94. The second-order valence-corrected chi connectivity index (χ2v) is 6.62. The molecule has 2 aliphatic heterocycles. The van der Waals surface area contributed by atoms with Gasteiger partial charge in [0.1, 0.15) is 0 Å². The summed E-state index contributed by atoms with van der Waals surface area (Å²) in [6.45, 7) is 7.97. The Bertz CT molecular complexity index is 285. The number of ether oxygens (including phenoxy) is 2. The van der Waals surface area contributed by atoms with Gasteiger partial charge < -0.3 is 24.8 Å². The van der Waals surface area contributed by atoms with Crippen molar-refractivity contribution in [1.82, 2.24) is 10.2 Å². The Kier molecular flexibility index (Phi) is 7.40. The van der Waals surface area contributed by atoms with E-state index in [2.05, 4.69) is 17.1 Å². The van der Waals surface area contributed by atoms with Crippen LogP contribution in [0.3, 0.4) is 0 Å². The van der Waals surface area contributed by atoms with Gasteiger partial charge in [0, 0.05) is 32.8 Å². The van der Waals surface area contributed by atoms with E-state index in [9.17, 15) is 5.11 Å². The van der Waals surface area contributed by atoms with E-state index in [1.165, 1.54) is 19.3 Å². The van der Waals surface area contributed by atoms with E-state index in [1.807, 2.05) is 0 Å². The predicted molar refractivity (Wildman–Crippen MR) is 83.5 cm³/mol. The molecule has 5 nitrogen and oxygen atoms in total. The highest BCUT2D eigenvalue weighted by Gasteiger charge is 2.28. The average molecular weight is 300 g/mol. The molecule has 2 fully saturated rings. The van der Waals surface area contributed by atoms with Crippen molar-refractivity contribution in [3.63, 3.8) is 0 Å². The van der Waals surface area contributed by atoms with E-state index in [4.69, 9.17) is 9.47 Å². The lowest BCUT2D eigenvalue weighted by atomic mass is 9.93. The predicted octanol–water partition coefficient (Wildman–Crippen LogP) is 0.863. The highest BCUT2D eigenvalue weighted by atomic mass is 16.5. The lowest BCUT2D eigenvalue weighted by Gasteiger charge is -2.38. The third-order valence-electron chi connectivity index (χ3n) is 4.72. The van der Waals surface area contributed by atoms with Crippen molar-refractivity contribution in [2.24, 2.45) is 5.92 Å². The molecule has 0 radical (unpaired) electrons. The third-order valence-corrected chi connectivity index (χ3v) is 4.72. The van der Waals surface area contributed by atoms with Gasteiger partial charge in [-0.15, -0.1) is 0 Å². The molecule has 124 valence electrons. The van der Waals surface area contributed by atoms with Gasteiger partial charge in [0.2, 0.25) is 0 Å². The zero-order valence-electron chi connectivity index (χ0n) is 13.6. The first-order valence-corrected chi connectivity index (χ1v) is 8.43. The number of rotatable bonds is 8. The number of hydrogen-bond acceptors (Lipinski definition) is 5. The number of aliphatic hydroxyl groups is 1. The van der Waals surface area contributed by atoms with Crippen LogP contribution in [0.5, 0.6) is 0 Å². The fourth-order valence-electron chi connectivity index (χ4n) is 3.49. The summed E-state index contributed by atoms with van der Waals surface area (Å²) in [5.74, 6) is 0.653. The summed E-state index contributed by atoms with van der Waals surface area (Å²) in [7, 11) is 1.63. The maximum absolute atomic E-state index is 9.66. The molecule has 2 heterocycles.